The number of carbonyl (C=O) groups excluding carboxylic acids is 1. The van der Waals surface area contributed by atoms with Crippen LogP contribution >= 0.6 is 0 Å². The molecule has 1 fully saturated rings. The molecule has 0 saturated carbocycles. The second-order valence-electron chi connectivity index (χ2n) is 3.73. The fraction of sp³-hybridized carbons (Fsp3) is 0.889. The summed E-state index contributed by atoms with van der Waals surface area (Å²) in [5.74, 6) is 0.769. The van der Waals surface area contributed by atoms with E-state index < -0.39 is 0 Å². The summed E-state index contributed by atoms with van der Waals surface area (Å²) in [5.41, 5.74) is 0. The molecule has 70 valence electrons. The molecule has 0 aromatic heterocycles. The average Bonchev–Trinajstić information content (AvgIpc) is 1.93. The Balaban J connectivity index is 2.03. The normalized spacial score (nSPS) is 17.6. The smallest absolute Gasteiger partial charge is 0.220 e. The van der Waals surface area contributed by atoms with Gasteiger partial charge in [-0.2, -0.15) is 0 Å². The highest BCUT2D eigenvalue weighted by molar-refractivity contribution is 5.76. The Morgan fingerprint density at radius 2 is 2.25 bits per heavy atom. The lowest BCUT2D eigenvalue weighted by Crippen LogP contribution is -2.48. The highest BCUT2D eigenvalue weighted by atomic mass is 16.5. The van der Waals surface area contributed by atoms with Crippen molar-refractivity contribution in [3.05, 3.63) is 0 Å². The second kappa shape index (κ2) is 4.45. The maximum Gasteiger partial charge on any atom is 0.220 e. The second-order valence-corrected chi connectivity index (χ2v) is 3.73. The van der Waals surface area contributed by atoms with Gasteiger partial charge in [-0.15, -0.1) is 0 Å². The lowest BCUT2D eigenvalue weighted by Gasteiger charge is -2.26. The number of ether oxygens (including phenoxy) is 1. The SMILES string of the molecule is CC(C)CCC(=O)NC1COC1. The van der Waals surface area contributed by atoms with Gasteiger partial charge in [-0.25, -0.2) is 0 Å². The lowest BCUT2D eigenvalue weighted by molar-refractivity contribution is -0.125. The molecule has 1 aliphatic rings. The summed E-state index contributed by atoms with van der Waals surface area (Å²) >= 11 is 0. The molecule has 0 radical (unpaired) electrons. The van der Waals surface area contributed by atoms with E-state index >= 15 is 0 Å². The van der Waals surface area contributed by atoms with E-state index in [1.165, 1.54) is 0 Å². The number of rotatable bonds is 4. The molecule has 3 heteroatoms. The summed E-state index contributed by atoms with van der Waals surface area (Å²) in [6.07, 6.45) is 1.62. The predicted molar refractivity (Wildman–Crippen MR) is 46.8 cm³/mol. The van der Waals surface area contributed by atoms with Crippen molar-refractivity contribution in [1.29, 1.82) is 0 Å². The van der Waals surface area contributed by atoms with Crippen molar-refractivity contribution < 1.29 is 9.53 Å². The molecule has 0 aliphatic carbocycles. The van der Waals surface area contributed by atoms with E-state index in [1.54, 1.807) is 0 Å². The van der Waals surface area contributed by atoms with Crippen LogP contribution in [-0.4, -0.2) is 25.2 Å². The van der Waals surface area contributed by atoms with Gasteiger partial charge in [0.2, 0.25) is 5.91 Å². The molecule has 1 saturated heterocycles. The van der Waals surface area contributed by atoms with E-state index in [9.17, 15) is 4.79 Å². The highest BCUT2D eigenvalue weighted by Gasteiger charge is 2.19. The van der Waals surface area contributed by atoms with Crippen LogP contribution in [0.4, 0.5) is 0 Å². The van der Waals surface area contributed by atoms with Crippen LogP contribution < -0.4 is 5.32 Å². The molecule has 0 bridgehead atoms. The van der Waals surface area contributed by atoms with Crippen LogP contribution in [0.1, 0.15) is 26.7 Å². The molecule has 0 spiro atoms. The summed E-state index contributed by atoms with van der Waals surface area (Å²) in [5, 5.41) is 2.91. The van der Waals surface area contributed by atoms with Gasteiger partial charge in [0, 0.05) is 6.42 Å². The van der Waals surface area contributed by atoms with Crippen LogP contribution in [-0.2, 0) is 9.53 Å². The van der Waals surface area contributed by atoms with Gasteiger partial charge in [0.25, 0.3) is 0 Å². The van der Waals surface area contributed by atoms with E-state index in [2.05, 4.69) is 19.2 Å². The maximum atomic E-state index is 11.2. The molecule has 3 nitrogen and oxygen atoms in total. The lowest BCUT2D eigenvalue weighted by atomic mass is 10.1. The van der Waals surface area contributed by atoms with Crippen LogP contribution in [0.2, 0.25) is 0 Å². The van der Waals surface area contributed by atoms with E-state index in [0.29, 0.717) is 25.6 Å². The molecule has 0 atom stereocenters. The molecule has 0 aromatic rings. The Morgan fingerprint density at radius 1 is 1.58 bits per heavy atom. The molecule has 1 heterocycles. The van der Waals surface area contributed by atoms with E-state index in [0.717, 1.165) is 6.42 Å². The molecule has 0 unspecified atom stereocenters. The third-order valence-corrected chi connectivity index (χ3v) is 1.95. The molecular formula is C9H17NO2. The summed E-state index contributed by atoms with van der Waals surface area (Å²) in [6.45, 7) is 5.63. The van der Waals surface area contributed by atoms with Crippen molar-refractivity contribution in [3.63, 3.8) is 0 Å². The van der Waals surface area contributed by atoms with Gasteiger partial charge in [-0.3, -0.25) is 4.79 Å². The standard InChI is InChI=1S/C9H17NO2/c1-7(2)3-4-9(11)10-8-5-12-6-8/h7-8H,3-6H2,1-2H3,(H,10,11). The number of nitrogens with one attached hydrogen (secondary N) is 1. The Hall–Kier alpha value is -0.570. The van der Waals surface area contributed by atoms with Gasteiger partial charge < -0.3 is 10.1 Å². The van der Waals surface area contributed by atoms with Crippen molar-refractivity contribution in [2.75, 3.05) is 13.2 Å². The van der Waals surface area contributed by atoms with Crippen LogP contribution in [0.3, 0.4) is 0 Å². The summed E-state index contributed by atoms with van der Waals surface area (Å²) < 4.78 is 4.95. The van der Waals surface area contributed by atoms with Gasteiger partial charge in [-0.05, 0) is 12.3 Å². The van der Waals surface area contributed by atoms with E-state index in [1.807, 2.05) is 0 Å². The minimum atomic E-state index is 0.164. The van der Waals surface area contributed by atoms with Crippen LogP contribution in [0.5, 0.6) is 0 Å². The zero-order valence-electron chi connectivity index (χ0n) is 7.80. The zero-order valence-corrected chi connectivity index (χ0v) is 7.80. The highest BCUT2D eigenvalue weighted by Crippen LogP contribution is 2.05. The van der Waals surface area contributed by atoms with Gasteiger partial charge in [0.15, 0.2) is 0 Å². The third-order valence-electron chi connectivity index (χ3n) is 1.95. The van der Waals surface area contributed by atoms with Crippen molar-refractivity contribution in [2.45, 2.75) is 32.7 Å². The van der Waals surface area contributed by atoms with Gasteiger partial charge in [-0.1, -0.05) is 13.8 Å². The van der Waals surface area contributed by atoms with Crippen LogP contribution in [0.15, 0.2) is 0 Å². The first-order valence-electron chi connectivity index (χ1n) is 4.55. The Kier molecular flexibility index (Phi) is 3.53. The number of carbonyl (C=O) groups is 1. The first-order valence-corrected chi connectivity index (χ1v) is 4.55. The first-order chi connectivity index (χ1) is 5.68. The Bertz CT molecular complexity index is 153. The summed E-state index contributed by atoms with van der Waals surface area (Å²) in [7, 11) is 0. The number of hydrogen-bond acceptors (Lipinski definition) is 2. The molecule has 1 rings (SSSR count). The summed E-state index contributed by atoms with van der Waals surface area (Å²) in [6, 6.07) is 0.282. The minimum absolute atomic E-state index is 0.164. The van der Waals surface area contributed by atoms with Gasteiger partial charge >= 0.3 is 0 Å². The minimum Gasteiger partial charge on any atom is -0.377 e. The van der Waals surface area contributed by atoms with Crippen molar-refractivity contribution in [2.24, 2.45) is 5.92 Å². The maximum absolute atomic E-state index is 11.2. The molecule has 12 heavy (non-hydrogen) atoms. The average molecular weight is 171 g/mol. The molecular weight excluding hydrogens is 154 g/mol. The topological polar surface area (TPSA) is 38.3 Å². The van der Waals surface area contributed by atoms with Crippen molar-refractivity contribution >= 4 is 5.91 Å². The van der Waals surface area contributed by atoms with E-state index in [4.69, 9.17) is 4.74 Å². The zero-order chi connectivity index (χ0) is 8.97. The molecule has 1 amide bonds. The molecule has 0 aromatic carbocycles. The van der Waals surface area contributed by atoms with Gasteiger partial charge in [0.05, 0.1) is 19.3 Å². The van der Waals surface area contributed by atoms with Crippen molar-refractivity contribution in [1.82, 2.24) is 5.32 Å². The van der Waals surface area contributed by atoms with Gasteiger partial charge in [0.1, 0.15) is 0 Å². The third kappa shape index (κ3) is 3.22. The quantitative estimate of drug-likeness (QED) is 0.683. The monoisotopic (exact) mass is 171 g/mol. The van der Waals surface area contributed by atoms with Crippen molar-refractivity contribution in [3.8, 4) is 0 Å². The number of hydrogen-bond donors (Lipinski definition) is 1. The van der Waals surface area contributed by atoms with Crippen LogP contribution in [0, 0.1) is 5.92 Å². The molecule has 1 aliphatic heterocycles. The predicted octanol–water partition coefficient (Wildman–Crippen LogP) is 0.938. The number of amides is 1. The Labute approximate surface area is 73.5 Å². The van der Waals surface area contributed by atoms with E-state index in [-0.39, 0.29) is 11.9 Å². The Morgan fingerprint density at radius 3 is 2.67 bits per heavy atom. The fourth-order valence-electron chi connectivity index (χ4n) is 1.04. The fourth-order valence-corrected chi connectivity index (χ4v) is 1.04. The first kappa shape index (κ1) is 9.52. The summed E-state index contributed by atoms with van der Waals surface area (Å²) in [4.78, 5) is 11.2. The molecule has 1 N–H and O–H groups in total. The largest absolute Gasteiger partial charge is 0.377 e. The van der Waals surface area contributed by atoms with Crippen LogP contribution in [0.25, 0.3) is 0 Å².